The van der Waals surface area contributed by atoms with Gasteiger partial charge in [0.05, 0.1) is 30.2 Å². The van der Waals surface area contributed by atoms with Crippen LogP contribution in [-0.4, -0.2) is 30.1 Å². The predicted molar refractivity (Wildman–Crippen MR) is 82.1 cm³/mol. The summed E-state index contributed by atoms with van der Waals surface area (Å²) in [6.45, 7) is 0.0583. The molecule has 0 saturated heterocycles. The number of nitrogens with zero attached hydrogens (tertiary/aromatic N) is 2. The van der Waals surface area contributed by atoms with Crippen molar-refractivity contribution in [3.05, 3.63) is 59.2 Å². The fourth-order valence-corrected chi connectivity index (χ4v) is 2.00. The number of benzene rings is 1. The molecule has 2 aromatic rings. The van der Waals surface area contributed by atoms with Crippen LogP contribution in [0.5, 0.6) is 0 Å². The monoisotopic (exact) mass is 303 g/mol. The Kier molecular flexibility index (Phi) is 5.06. The third-order valence-electron chi connectivity index (χ3n) is 3.15. The summed E-state index contributed by atoms with van der Waals surface area (Å²) in [4.78, 5) is 17.8. The number of carbonyl (C=O) groups is 1. The Bertz CT molecular complexity index is 674. The van der Waals surface area contributed by atoms with Crippen LogP contribution in [-0.2, 0) is 13.2 Å². The summed E-state index contributed by atoms with van der Waals surface area (Å²) in [5.41, 5.74) is 1.84. The van der Waals surface area contributed by atoms with Gasteiger partial charge in [-0.2, -0.15) is 0 Å². The number of aliphatic hydroxyl groups excluding tert-OH is 1. The Balaban J connectivity index is 2.04. The number of aromatic nitrogens is 1. The fourth-order valence-electron chi connectivity index (χ4n) is 2.00. The highest BCUT2D eigenvalue weighted by Crippen LogP contribution is 2.18. The van der Waals surface area contributed by atoms with Crippen molar-refractivity contribution < 1.29 is 14.3 Å². The van der Waals surface area contributed by atoms with Gasteiger partial charge < -0.3 is 15.3 Å². The van der Waals surface area contributed by atoms with Gasteiger partial charge in [0.15, 0.2) is 0 Å². The first-order valence-electron chi connectivity index (χ1n) is 6.82. The summed E-state index contributed by atoms with van der Waals surface area (Å²) in [7, 11) is 3.47. The lowest BCUT2D eigenvalue weighted by Crippen LogP contribution is -2.24. The van der Waals surface area contributed by atoms with E-state index in [4.69, 9.17) is 5.11 Å². The van der Waals surface area contributed by atoms with Crippen molar-refractivity contribution in [3.8, 4) is 0 Å². The minimum absolute atomic E-state index is 0.154. The van der Waals surface area contributed by atoms with Gasteiger partial charge in [-0.05, 0) is 30.3 Å². The summed E-state index contributed by atoms with van der Waals surface area (Å²) < 4.78 is 13.9. The Morgan fingerprint density at radius 3 is 2.64 bits per heavy atom. The van der Waals surface area contributed by atoms with Gasteiger partial charge >= 0.3 is 0 Å². The maximum atomic E-state index is 13.9. The average molecular weight is 303 g/mol. The zero-order valence-corrected chi connectivity index (χ0v) is 12.5. The second kappa shape index (κ2) is 7.00. The second-order valence-electron chi connectivity index (χ2n) is 5.02. The number of hydrogen-bond acceptors (Lipinski definition) is 4. The van der Waals surface area contributed by atoms with E-state index in [1.54, 1.807) is 49.3 Å². The van der Waals surface area contributed by atoms with Crippen molar-refractivity contribution in [2.24, 2.45) is 0 Å². The molecule has 2 N–H and O–H groups in total. The lowest BCUT2D eigenvalue weighted by atomic mass is 10.1. The van der Waals surface area contributed by atoms with Crippen LogP contribution in [0.3, 0.4) is 0 Å². The molecule has 0 unspecified atom stereocenters. The highest BCUT2D eigenvalue weighted by molar-refractivity contribution is 5.94. The number of nitrogens with one attached hydrogen (secondary N) is 1. The summed E-state index contributed by atoms with van der Waals surface area (Å²) in [6.07, 6.45) is 0. The molecule has 6 heteroatoms. The number of halogens is 1. The Morgan fingerprint density at radius 1 is 1.27 bits per heavy atom. The van der Waals surface area contributed by atoms with E-state index in [0.717, 1.165) is 0 Å². The summed E-state index contributed by atoms with van der Waals surface area (Å²) in [6, 6.07) is 9.55. The number of anilines is 1. The standard InChI is InChI=1S/C16H18FN3O2/c1-20(2)15-7-6-11(8-14(15)17)16(22)18-9-12-4-3-5-13(10-21)19-12/h3-8,21H,9-10H2,1-2H3,(H,18,22). The molecule has 5 nitrogen and oxygen atoms in total. The first-order valence-corrected chi connectivity index (χ1v) is 6.82. The highest BCUT2D eigenvalue weighted by atomic mass is 19.1. The van der Waals surface area contributed by atoms with Gasteiger partial charge in [0.1, 0.15) is 5.82 Å². The Morgan fingerprint density at radius 2 is 2.00 bits per heavy atom. The number of aliphatic hydroxyl groups is 1. The SMILES string of the molecule is CN(C)c1ccc(C(=O)NCc2cccc(CO)n2)cc1F. The lowest BCUT2D eigenvalue weighted by Gasteiger charge is -2.14. The zero-order chi connectivity index (χ0) is 16.1. The molecule has 22 heavy (non-hydrogen) atoms. The molecule has 1 aromatic carbocycles. The largest absolute Gasteiger partial charge is 0.390 e. The van der Waals surface area contributed by atoms with Crippen LogP contribution in [0.15, 0.2) is 36.4 Å². The van der Waals surface area contributed by atoms with Gasteiger partial charge in [-0.3, -0.25) is 9.78 Å². The number of rotatable bonds is 5. The molecule has 0 aliphatic heterocycles. The van der Waals surface area contributed by atoms with Crippen molar-refractivity contribution >= 4 is 11.6 Å². The molecule has 0 spiro atoms. The third kappa shape index (κ3) is 3.79. The van der Waals surface area contributed by atoms with Crippen LogP contribution in [0, 0.1) is 5.82 Å². The van der Waals surface area contributed by atoms with Crippen LogP contribution >= 0.6 is 0 Å². The van der Waals surface area contributed by atoms with Crippen molar-refractivity contribution in [2.75, 3.05) is 19.0 Å². The number of hydrogen-bond donors (Lipinski definition) is 2. The van der Waals surface area contributed by atoms with E-state index in [0.29, 0.717) is 17.1 Å². The smallest absolute Gasteiger partial charge is 0.251 e. The molecule has 1 amide bonds. The predicted octanol–water partition coefficient (Wildman–Crippen LogP) is 1.71. The van der Waals surface area contributed by atoms with E-state index in [9.17, 15) is 9.18 Å². The van der Waals surface area contributed by atoms with E-state index in [1.807, 2.05) is 0 Å². The molecule has 0 aliphatic carbocycles. The molecular formula is C16H18FN3O2. The topological polar surface area (TPSA) is 65.5 Å². The number of pyridine rings is 1. The number of carbonyl (C=O) groups excluding carboxylic acids is 1. The third-order valence-corrected chi connectivity index (χ3v) is 3.15. The normalized spacial score (nSPS) is 10.4. The van der Waals surface area contributed by atoms with Gasteiger partial charge in [0.2, 0.25) is 0 Å². The molecule has 2 rings (SSSR count). The minimum Gasteiger partial charge on any atom is -0.390 e. The zero-order valence-electron chi connectivity index (χ0n) is 12.5. The van der Waals surface area contributed by atoms with Crippen LogP contribution in [0.25, 0.3) is 0 Å². The minimum atomic E-state index is -0.446. The van der Waals surface area contributed by atoms with E-state index in [1.165, 1.54) is 6.07 Å². The van der Waals surface area contributed by atoms with E-state index in [-0.39, 0.29) is 24.6 Å². The Labute approximate surface area is 128 Å². The van der Waals surface area contributed by atoms with Gasteiger partial charge in [0, 0.05) is 19.7 Å². The molecule has 0 bridgehead atoms. The van der Waals surface area contributed by atoms with Gasteiger partial charge in [-0.25, -0.2) is 4.39 Å². The van der Waals surface area contributed by atoms with Crippen molar-refractivity contribution in [2.45, 2.75) is 13.2 Å². The van der Waals surface area contributed by atoms with Gasteiger partial charge in [-0.1, -0.05) is 6.07 Å². The quantitative estimate of drug-likeness (QED) is 0.882. The first kappa shape index (κ1) is 15.9. The maximum Gasteiger partial charge on any atom is 0.251 e. The maximum absolute atomic E-state index is 13.9. The molecule has 0 atom stereocenters. The van der Waals surface area contributed by atoms with Crippen LogP contribution < -0.4 is 10.2 Å². The molecule has 0 saturated carbocycles. The van der Waals surface area contributed by atoms with Gasteiger partial charge in [-0.15, -0.1) is 0 Å². The van der Waals surface area contributed by atoms with Crippen molar-refractivity contribution in [1.29, 1.82) is 0 Å². The summed E-state index contributed by atoms with van der Waals surface area (Å²) >= 11 is 0. The summed E-state index contributed by atoms with van der Waals surface area (Å²) in [5.74, 6) is -0.821. The van der Waals surface area contributed by atoms with Crippen molar-refractivity contribution in [1.82, 2.24) is 10.3 Å². The molecule has 0 aliphatic rings. The lowest BCUT2D eigenvalue weighted by molar-refractivity contribution is 0.0950. The molecule has 0 radical (unpaired) electrons. The summed E-state index contributed by atoms with van der Waals surface area (Å²) in [5, 5.41) is 11.7. The molecular weight excluding hydrogens is 285 g/mol. The molecule has 116 valence electrons. The van der Waals surface area contributed by atoms with Crippen LogP contribution in [0.1, 0.15) is 21.7 Å². The van der Waals surface area contributed by atoms with Gasteiger partial charge in [0.25, 0.3) is 5.91 Å². The highest BCUT2D eigenvalue weighted by Gasteiger charge is 2.11. The second-order valence-corrected chi connectivity index (χ2v) is 5.02. The average Bonchev–Trinajstić information content (AvgIpc) is 2.52. The Hall–Kier alpha value is -2.47. The fraction of sp³-hybridized carbons (Fsp3) is 0.250. The molecule has 1 heterocycles. The van der Waals surface area contributed by atoms with E-state index in [2.05, 4.69) is 10.3 Å². The van der Waals surface area contributed by atoms with E-state index < -0.39 is 5.82 Å². The van der Waals surface area contributed by atoms with Crippen LogP contribution in [0.2, 0.25) is 0 Å². The first-order chi connectivity index (χ1) is 10.5. The van der Waals surface area contributed by atoms with Crippen LogP contribution in [0.4, 0.5) is 10.1 Å². The molecule has 0 fully saturated rings. The van der Waals surface area contributed by atoms with Crippen molar-refractivity contribution in [3.63, 3.8) is 0 Å². The molecule has 1 aromatic heterocycles. The van der Waals surface area contributed by atoms with E-state index >= 15 is 0 Å². The number of amides is 1.